The number of nitrogens with two attached hydrogens (primary N) is 1. The molecule has 0 fully saturated rings. The maximum atomic E-state index is 6.05. The Morgan fingerprint density at radius 1 is 1.00 bits per heavy atom. The lowest BCUT2D eigenvalue weighted by atomic mass is 10.1. The Labute approximate surface area is 121 Å². The van der Waals surface area contributed by atoms with Gasteiger partial charge in [0.2, 0.25) is 0 Å². The Morgan fingerprint density at radius 2 is 1.65 bits per heavy atom. The molecular weight excluding hydrogens is 246 g/mol. The van der Waals surface area contributed by atoms with Crippen molar-refractivity contribution in [3.63, 3.8) is 0 Å². The Bertz CT molecular complexity index is 582. The van der Waals surface area contributed by atoms with E-state index in [1.54, 1.807) is 0 Å². The third-order valence-corrected chi connectivity index (χ3v) is 3.23. The van der Waals surface area contributed by atoms with E-state index in [0.717, 1.165) is 23.5 Å². The van der Waals surface area contributed by atoms with Crippen LogP contribution in [0.4, 0.5) is 0 Å². The van der Waals surface area contributed by atoms with E-state index in [9.17, 15) is 0 Å². The standard InChI is InChI=1S/C18H23NO/c1-12-7-13(2)9-17(8-12)20-18-11-16(10-15(4)19)6-5-14(18)3/h5-9,11,15H,10,19H2,1-4H3. The second-order valence-electron chi connectivity index (χ2n) is 5.71. The molecule has 2 rings (SSSR count). The first-order chi connectivity index (χ1) is 9.44. The molecule has 0 saturated heterocycles. The highest BCUT2D eigenvalue weighted by atomic mass is 16.5. The van der Waals surface area contributed by atoms with Crippen LogP contribution in [-0.2, 0) is 6.42 Å². The summed E-state index contributed by atoms with van der Waals surface area (Å²) in [7, 11) is 0. The number of hydrogen-bond donors (Lipinski definition) is 1. The molecule has 106 valence electrons. The molecule has 0 aliphatic carbocycles. The minimum absolute atomic E-state index is 0.159. The molecule has 2 nitrogen and oxygen atoms in total. The Morgan fingerprint density at radius 3 is 2.25 bits per heavy atom. The fourth-order valence-corrected chi connectivity index (χ4v) is 2.37. The molecule has 2 aromatic rings. The highest BCUT2D eigenvalue weighted by molar-refractivity contribution is 5.42. The lowest BCUT2D eigenvalue weighted by Crippen LogP contribution is -2.17. The minimum atomic E-state index is 0.159. The zero-order valence-electron chi connectivity index (χ0n) is 12.7. The van der Waals surface area contributed by atoms with Gasteiger partial charge in [0.1, 0.15) is 11.5 Å². The van der Waals surface area contributed by atoms with E-state index >= 15 is 0 Å². The van der Waals surface area contributed by atoms with E-state index in [0.29, 0.717) is 0 Å². The minimum Gasteiger partial charge on any atom is -0.457 e. The number of hydrogen-bond acceptors (Lipinski definition) is 2. The van der Waals surface area contributed by atoms with Crippen LogP contribution in [0.1, 0.15) is 29.2 Å². The molecular formula is C18H23NO. The van der Waals surface area contributed by atoms with Crippen LogP contribution < -0.4 is 10.5 Å². The van der Waals surface area contributed by atoms with Crippen molar-refractivity contribution in [2.24, 2.45) is 5.73 Å². The van der Waals surface area contributed by atoms with Crippen molar-refractivity contribution in [2.45, 2.75) is 40.2 Å². The highest BCUT2D eigenvalue weighted by Gasteiger charge is 2.06. The molecule has 0 radical (unpaired) electrons. The average molecular weight is 269 g/mol. The van der Waals surface area contributed by atoms with Crippen molar-refractivity contribution >= 4 is 0 Å². The molecule has 0 spiro atoms. The highest BCUT2D eigenvalue weighted by Crippen LogP contribution is 2.28. The van der Waals surface area contributed by atoms with Crippen LogP contribution in [0.2, 0.25) is 0 Å². The number of benzene rings is 2. The Balaban J connectivity index is 2.27. The molecule has 0 heterocycles. The zero-order chi connectivity index (χ0) is 14.7. The molecule has 1 unspecified atom stereocenters. The van der Waals surface area contributed by atoms with Crippen LogP contribution in [-0.4, -0.2) is 6.04 Å². The molecule has 20 heavy (non-hydrogen) atoms. The van der Waals surface area contributed by atoms with Crippen LogP contribution in [0.3, 0.4) is 0 Å². The third-order valence-electron chi connectivity index (χ3n) is 3.23. The molecule has 0 aromatic heterocycles. The summed E-state index contributed by atoms with van der Waals surface area (Å²) in [5.74, 6) is 1.80. The van der Waals surface area contributed by atoms with Gasteiger partial charge in [-0.15, -0.1) is 0 Å². The van der Waals surface area contributed by atoms with Gasteiger partial charge in [-0.3, -0.25) is 0 Å². The van der Waals surface area contributed by atoms with E-state index in [1.807, 2.05) is 6.92 Å². The summed E-state index contributed by atoms with van der Waals surface area (Å²) in [4.78, 5) is 0. The van der Waals surface area contributed by atoms with Gasteiger partial charge in [0, 0.05) is 6.04 Å². The van der Waals surface area contributed by atoms with Crippen LogP contribution in [0.25, 0.3) is 0 Å². The van der Waals surface area contributed by atoms with Crippen molar-refractivity contribution in [1.29, 1.82) is 0 Å². The SMILES string of the molecule is Cc1cc(C)cc(Oc2cc(CC(C)N)ccc2C)c1. The van der Waals surface area contributed by atoms with E-state index < -0.39 is 0 Å². The molecule has 2 aromatic carbocycles. The van der Waals surface area contributed by atoms with Crippen molar-refractivity contribution in [3.8, 4) is 11.5 Å². The van der Waals surface area contributed by atoms with Crippen LogP contribution in [0.5, 0.6) is 11.5 Å². The maximum Gasteiger partial charge on any atom is 0.130 e. The average Bonchev–Trinajstić information content (AvgIpc) is 2.31. The van der Waals surface area contributed by atoms with Crippen molar-refractivity contribution in [3.05, 3.63) is 58.7 Å². The van der Waals surface area contributed by atoms with Gasteiger partial charge in [0.15, 0.2) is 0 Å². The summed E-state index contributed by atoms with van der Waals surface area (Å²) < 4.78 is 6.05. The van der Waals surface area contributed by atoms with Gasteiger partial charge in [-0.05, 0) is 74.6 Å². The lowest BCUT2D eigenvalue weighted by molar-refractivity contribution is 0.477. The largest absolute Gasteiger partial charge is 0.457 e. The number of ether oxygens (including phenoxy) is 1. The lowest BCUT2D eigenvalue weighted by Gasteiger charge is -2.13. The smallest absolute Gasteiger partial charge is 0.130 e. The first kappa shape index (κ1) is 14.6. The molecule has 2 N–H and O–H groups in total. The second-order valence-corrected chi connectivity index (χ2v) is 5.71. The van der Waals surface area contributed by atoms with Crippen molar-refractivity contribution in [2.75, 3.05) is 0 Å². The Kier molecular flexibility index (Phi) is 4.46. The summed E-state index contributed by atoms with van der Waals surface area (Å²) in [6, 6.07) is 12.7. The van der Waals surface area contributed by atoms with E-state index in [4.69, 9.17) is 10.5 Å². The molecule has 0 amide bonds. The van der Waals surface area contributed by atoms with Crippen molar-refractivity contribution in [1.82, 2.24) is 0 Å². The number of aryl methyl sites for hydroxylation is 3. The molecule has 0 aliphatic heterocycles. The molecule has 0 bridgehead atoms. The second kappa shape index (κ2) is 6.10. The van der Waals surface area contributed by atoms with E-state index in [-0.39, 0.29) is 6.04 Å². The Hall–Kier alpha value is -1.80. The van der Waals surface area contributed by atoms with Gasteiger partial charge in [-0.1, -0.05) is 18.2 Å². The van der Waals surface area contributed by atoms with Crippen molar-refractivity contribution < 1.29 is 4.74 Å². The summed E-state index contributed by atoms with van der Waals surface area (Å²) >= 11 is 0. The van der Waals surface area contributed by atoms with Gasteiger partial charge in [0.05, 0.1) is 0 Å². The van der Waals surface area contributed by atoms with Gasteiger partial charge >= 0.3 is 0 Å². The summed E-state index contributed by atoms with van der Waals surface area (Å²) in [6.45, 7) is 8.25. The fourth-order valence-electron chi connectivity index (χ4n) is 2.37. The van der Waals surface area contributed by atoms with Gasteiger partial charge in [0.25, 0.3) is 0 Å². The predicted molar refractivity (Wildman–Crippen MR) is 84.5 cm³/mol. The summed E-state index contributed by atoms with van der Waals surface area (Å²) in [5, 5.41) is 0. The van der Waals surface area contributed by atoms with Gasteiger partial charge in [-0.2, -0.15) is 0 Å². The monoisotopic (exact) mass is 269 g/mol. The maximum absolute atomic E-state index is 6.05. The molecule has 0 saturated carbocycles. The first-order valence-corrected chi connectivity index (χ1v) is 7.05. The quantitative estimate of drug-likeness (QED) is 0.898. The third kappa shape index (κ3) is 3.84. The van der Waals surface area contributed by atoms with Gasteiger partial charge in [-0.25, -0.2) is 0 Å². The summed E-state index contributed by atoms with van der Waals surface area (Å²) in [6.07, 6.45) is 0.865. The van der Waals surface area contributed by atoms with Crippen LogP contribution in [0, 0.1) is 20.8 Å². The molecule has 1 atom stereocenters. The molecule has 2 heteroatoms. The molecule has 0 aliphatic rings. The van der Waals surface area contributed by atoms with Crippen LogP contribution >= 0.6 is 0 Å². The first-order valence-electron chi connectivity index (χ1n) is 7.05. The summed E-state index contributed by atoms with van der Waals surface area (Å²) in [5.41, 5.74) is 10.6. The van der Waals surface area contributed by atoms with E-state index in [2.05, 4.69) is 57.2 Å². The predicted octanol–water partition coefficient (Wildman–Crippen LogP) is 4.29. The van der Waals surface area contributed by atoms with Gasteiger partial charge < -0.3 is 10.5 Å². The van der Waals surface area contributed by atoms with Crippen LogP contribution in [0.15, 0.2) is 36.4 Å². The van der Waals surface area contributed by atoms with E-state index in [1.165, 1.54) is 16.7 Å². The normalized spacial score (nSPS) is 12.2. The zero-order valence-corrected chi connectivity index (χ0v) is 12.7. The topological polar surface area (TPSA) is 35.2 Å². The fraction of sp³-hybridized carbons (Fsp3) is 0.333. The number of rotatable bonds is 4.